The zero-order valence-electron chi connectivity index (χ0n) is 14.6. The van der Waals surface area contributed by atoms with Crippen molar-refractivity contribution in [3.05, 3.63) is 81.9 Å². The standard InChI is InChI=1S/C22H22O2/c1-14(2)18-8-6-17(7-9-18)12-19-13-21(24-22(19)23)20-10-5-15(3)11-16(20)4/h5-14H,1-4H3/b19-12+. The Morgan fingerprint density at radius 3 is 2.33 bits per heavy atom. The van der Waals surface area contributed by atoms with Gasteiger partial charge in [0.15, 0.2) is 0 Å². The quantitative estimate of drug-likeness (QED) is 0.559. The third kappa shape index (κ3) is 3.33. The molecule has 2 aromatic carbocycles. The predicted octanol–water partition coefficient (Wildman–Crippen LogP) is 5.41. The van der Waals surface area contributed by atoms with Gasteiger partial charge in [0.25, 0.3) is 0 Å². The van der Waals surface area contributed by atoms with Crippen molar-refractivity contribution in [1.29, 1.82) is 0 Å². The number of carbonyl (C=O) groups is 1. The van der Waals surface area contributed by atoms with Crippen molar-refractivity contribution in [3.8, 4) is 0 Å². The number of carbonyl (C=O) groups excluding carboxylic acids is 1. The molecule has 0 N–H and O–H groups in total. The highest BCUT2D eigenvalue weighted by Gasteiger charge is 2.22. The minimum atomic E-state index is -0.294. The van der Waals surface area contributed by atoms with Crippen LogP contribution in [0.25, 0.3) is 11.8 Å². The van der Waals surface area contributed by atoms with Gasteiger partial charge in [0.05, 0.1) is 5.57 Å². The molecule has 1 heterocycles. The van der Waals surface area contributed by atoms with Crippen LogP contribution in [0.15, 0.2) is 54.1 Å². The molecular weight excluding hydrogens is 296 g/mol. The van der Waals surface area contributed by atoms with E-state index < -0.39 is 0 Å². The van der Waals surface area contributed by atoms with Crippen LogP contribution >= 0.6 is 0 Å². The highest BCUT2D eigenvalue weighted by Crippen LogP contribution is 2.30. The third-order valence-electron chi connectivity index (χ3n) is 4.30. The Labute approximate surface area is 143 Å². The van der Waals surface area contributed by atoms with Gasteiger partial charge < -0.3 is 4.74 Å². The summed E-state index contributed by atoms with van der Waals surface area (Å²) >= 11 is 0. The molecule has 2 aromatic rings. The molecule has 0 spiro atoms. The molecule has 24 heavy (non-hydrogen) atoms. The van der Waals surface area contributed by atoms with Gasteiger partial charge >= 0.3 is 5.97 Å². The van der Waals surface area contributed by atoms with Crippen molar-refractivity contribution in [1.82, 2.24) is 0 Å². The summed E-state index contributed by atoms with van der Waals surface area (Å²) < 4.78 is 5.47. The largest absolute Gasteiger partial charge is 0.422 e. The van der Waals surface area contributed by atoms with E-state index in [4.69, 9.17) is 4.74 Å². The van der Waals surface area contributed by atoms with Gasteiger partial charge in [-0.15, -0.1) is 0 Å². The molecule has 0 amide bonds. The molecule has 1 aliphatic rings. The summed E-state index contributed by atoms with van der Waals surface area (Å²) in [4.78, 5) is 12.2. The molecular formula is C22H22O2. The van der Waals surface area contributed by atoms with Gasteiger partial charge in [0.1, 0.15) is 5.76 Å². The summed E-state index contributed by atoms with van der Waals surface area (Å²) in [6.07, 6.45) is 3.71. The SMILES string of the molecule is Cc1ccc(C2=C/C(=C\c3ccc(C(C)C)cc3)C(=O)O2)c(C)c1. The van der Waals surface area contributed by atoms with E-state index in [0.717, 1.165) is 16.7 Å². The van der Waals surface area contributed by atoms with Gasteiger partial charge in [0, 0.05) is 5.56 Å². The number of benzene rings is 2. The van der Waals surface area contributed by atoms with E-state index in [1.54, 1.807) is 0 Å². The molecule has 122 valence electrons. The lowest BCUT2D eigenvalue weighted by molar-refractivity contribution is -0.130. The molecule has 3 rings (SSSR count). The fraction of sp³-hybridized carbons (Fsp3) is 0.227. The fourth-order valence-electron chi connectivity index (χ4n) is 2.87. The van der Waals surface area contributed by atoms with Gasteiger partial charge in [-0.25, -0.2) is 4.79 Å². The summed E-state index contributed by atoms with van der Waals surface area (Å²) in [5.41, 5.74) is 6.15. The van der Waals surface area contributed by atoms with E-state index in [1.165, 1.54) is 11.1 Å². The number of esters is 1. The first-order valence-corrected chi connectivity index (χ1v) is 8.27. The summed E-state index contributed by atoms with van der Waals surface area (Å²) in [5, 5.41) is 0. The molecule has 1 aliphatic heterocycles. The molecule has 0 unspecified atom stereocenters. The molecule has 2 nitrogen and oxygen atoms in total. The summed E-state index contributed by atoms with van der Waals surface area (Å²) in [5.74, 6) is 0.833. The summed E-state index contributed by atoms with van der Waals surface area (Å²) in [6, 6.07) is 14.4. The zero-order chi connectivity index (χ0) is 17.3. The van der Waals surface area contributed by atoms with Crippen LogP contribution in [0.2, 0.25) is 0 Å². The maximum absolute atomic E-state index is 12.2. The predicted molar refractivity (Wildman–Crippen MR) is 98.5 cm³/mol. The van der Waals surface area contributed by atoms with Crippen molar-refractivity contribution in [2.45, 2.75) is 33.6 Å². The topological polar surface area (TPSA) is 26.3 Å². The lowest BCUT2D eigenvalue weighted by Crippen LogP contribution is -1.98. The van der Waals surface area contributed by atoms with Crippen molar-refractivity contribution < 1.29 is 9.53 Å². The number of ether oxygens (including phenoxy) is 1. The van der Waals surface area contributed by atoms with Gasteiger partial charge in [-0.1, -0.05) is 61.9 Å². The van der Waals surface area contributed by atoms with Crippen LogP contribution in [0.1, 0.15) is 47.6 Å². The Hall–Kier alpha value is -2.61. The van der Waals surface area contributed by atoms with E-state index in [-0.39, 0.29) is 5.97 Å². The maximum Gasteiger partial charge on any atom is 0.343 e. The average Bonchev–Trinajstić information content (AvgIpc) is 2.88. The molecule has 0 aliphatic carbocycles. The molecule has 0 aromatic heterocycles. The van der Waals surface area contributed by atoms with Crippen LogP contribution in [-0.4, -0.2) is 5.97 Å². The van der Waals surface area contributed by atoms with Gasteiger partial charge in [0.2, 0.25) is 0 Å². The smallest absolute Gasteiger partial charge is 0.343 e. The number of rotatable bonds is 3. The van der Waals surface area contributed by atoms with E-state index in [9.17, 15) is 4.79 Å². The minimum Gasteiger partial charge on any atom is -0.422 e. The Morgan fingerprint density at radius 2 is 1.71 bits per heavy atom. The first kappa shape index (κ1) is 16.3. The highest BCUT2D eigenvalue weighted by molar-refractivity contribution is 6.05. The van der Waals surface area contributed by atoms with Crippen LogP contribution in [0.3, 0.4) is 0 Å². The monoisotopic (exact) mass is 318 g/mol. The molecule has 0 bridgehead atoms. The second-order valence-electron chi connectivity index (χ2n) is 6.64. The molecule has 0 fully saturated rings. The van der Waals surface area contributed by atoms with Gasteiger partial charge in [-0.05, 0) is 48.6 Å². The summed E-state index contributed by atoms with van der Waals surface area (Å²) in [6.45, 7) is 8.42. The van der Waals surface area contributed by atoms with E-state index in [2.05, 4.69) is 39.0 Å². The molecule has 2 heteroatoms. The average molecular weight is 318 g/mol. The van der Waals surface area contributed by atoms with Crippen molar-refractivity contribution >= 4 is 17.8 Å². The second-order valence-corrected chi connectivity index (χ2v) is 6.64. The Bertz CT molecular complexity index is 837. The number of cyclic esters (lactones) is 1. The van der Waals surface area contributed by atoms with Crippen LogP contribution in [0.4, 0.5) is 0 Å². The lowest BCUT2D eigenvalue weighted by atomic mass is 10.0. The fourth-order valence-corrected chi connectivity index (χ4v) is 2.87. The first-order valence-electron chi connectivity index (χ1n) is 8.27. The molecule has 0 atom stereocenters. The van der Waals surface area contributed by atoms with Crippen LogP contribution in [-0.2, 0) is 9.53 Å². The van der Waals surface area contributed by atoms with Crippen molar-refractivity contribution in [2.75, 3.05) is 0 Å². The van der Waals surface area contributed by atoms with E-state index in [1.807, 2.05) is 43.3 Å². The Balaban J connectivity index is 1.91. The minimum absolute atomic E-state index is 0.294. The number of hydrogen-bond donors (Lipinski definition) is 0. The van der Waals surface area contributed by atoms with Gasteiger partial charge in [-0.2, -0.15) is 0 Å². The van der Waals surface area contributed by atoms with Crippen molar-refractivity contribution in [3.63, 3.8) is 0 Å². The lowest BCUT2D eigenvalue weighted by Gasteiger charge is -2.06. The van der Waals surface area contributed by atoms with Crippen LogP contribution < -0.4 is 0 Å². The third-order valence-corrected chi connectivity index (χ3v) is 4.30. The zero-order valence-corrected chi connectivity index (χ0v) is 14.6. The van der Waals surface area contributed by atoms with E-state index in [0.29, 0.717) is 17.3 Å². The first-order chi connectivity index (χ1) is 11.4. The van der Waals surface area contributed by atoms with Gasteiger partial charge in [-0.3, -0.25) is 0 Å². The van der Waals surface area contributed by atoms with Crippen LogP contribution in [0, 0.1) is 13.8 Å². The maximum atomic E-state index is 12.2. The van der Waals surface area contributed by atoms with Crippen molar-refractivity contribution in [2.24, 2.45) is 0 Å². The highest BCUT2D eigenvalue weighted by atomic mass is 16.5. The number of hydrogen-bond acceptors (Lipinski definition) is 2. The number of aryl methyl sites for hydroxylation is 2. The Morgan fingerprint density at radius 1 is 1.00 bits per heavy atom. The normalized spacial score (nSPS) is 15.8. The second kappa shape index (κ2) is 6.48. The van der Waals surface area contributed by atoms with Crippen LogP contribution in [0.5, 0.6) is 0 Å². The molecule has 0 radical (unpaired) electrons. The Kier molecular flexibility index (Phi) is 4.39. The van der Waals surface area contributed by atoms with E-state index >= 15 is 0 Å². The summed E-state index contributed by atoms with van der Waals surface area (Å²) in [7, 11) is 0. The molecule has 0 saturated heterocycles. The molecule has 0 saturated carbocycles.